The maximum Gasteiger partial charge on any atom is 0.161 e. The molecule has 1 aromatic rings. The van der Waals surface area contributed by atoms with Crippen molar-refractivity contribution < 1.29 is 9.47 Å². The fourth-order valence-corrected chi connectivity index (χ4v) is 1.79. The molecule has 1 aliphatic rings. The van der Waals surface area contributed by atoms with E-state index in [1.807, 2.05) is 37.3 Å². The first-order chi connectivity index (χ1) is 8.31. The molecule has 0 amide bonds. The number of ether oxygens (including phenoxy) is 2. The number of nitrogens with one attached hydrogen (secondary N) is 1. The molecule has 0 saturated heterocycles. The van der Waals surface area contributed by atoms with Crippen molar-refractivity contribution in [2.45, 2.75) is 26.0 Å². The first-order valence-corrected chi connectivity index (χ1v) is 6.04. The molecule has 2 unspecified atom stereocenters. The van der Waals surface area contributed by atoms with Crippen molar-refractivity contribution in [3.63, 3.8) is 0 Å². The largest absolute Gasteiger partial charge is 0.486 e. The standard InChI is InChI=1S/C14H19NO2.ClH/c1-3-4-9-15-11(2)14-10-16-12-7-5-6-8-13(12)17-14;/h3-8,11,14-15H,9-10H2,1-2H3;1H/b4-3+;. The highest BCUT2D eigenvalue weighted by molar-refractivity contribution is 5.85. The topological polar surface area (TPSA) is 30.5 Å². The maximum atomic E-state index is 5.91. The van der Waals surface area contributed by atoms with Gasteiger partial charge in [0.15, 0.2) is 11.5 Å². The number of benzene rings is 1. The predicted octanol–water partition coefficient (Wildman–Crippen LogP) is 2.80. The molecule has 1 heterocycles. The summed E-state index contributed by atoms with van der Waals surface area (Å²) in [6.45, 7) is 5.59. The molecule has 0 aliphatic carbocycles. The smallest absolute Gasteiger partial charge is 0.161 e. The van der Waals surface area contributed by atoms with E-state index in [2.05, 4.69) is 18.3 Å². The molecule has 100 valence electrons. The third-order valence-corrected chi connectivity index (χ3v) is 2.88. The Balaban J connectivity index is 0.00000162. The molecule has 0 bridgehead atoms. The first kappa shape index (κ1) is 14.9. The van der Waals surface area contributed by atoms with E-state index in [-0.39, 0.29) is 24.6 Å². The minimum Gasteiger partial charge on any atom is -0.486 e. The minimum absolute atomic E-state index is 0. The number of rotatable bonds is 4. The van der Waals surface area contributed by atoms with E-state index in [1.54, 1.807) is 0 Å². The van der Waals surface area contributed by atoms with Crippen LogP contribution < -0.4 is 14.8 Å². The fourth-order valence-electron chi connectivity index (χ4n) is 1.79. The van der Waals surface area contributed by atoms with E-state index in [1.165, 1.54) is 0 Å². The molecule has 0 radical (unpaired) electrons. The Morgan fingerprint density at radius 3 is 2.83 bits per heavy atom. The zero-order valence-electron chi connectivity index (χ0n) is 10.8. The maximum absolute atomic E-state index is 5.91. The average molecular weight is 270 g/mol. The molecule has 3 nitrogen and oxygen atoms in total. The van der Waals surface area contributed by atoms with Crippen LogP contribution in [0, 0.1) is 0 Å². The lowest BCUT2D eigenvalue weighted by Crippen LogP contribution is -2.46. The summed E-state index contributed by atoms with van der Waals surface area (Å²) >= 11 is 0. The van der Waals surface area contributed by atoms with Crippen molar-refractivity contribution in [3.8, 4) is 11.5 Å². The van der Waals surface area contributed by atoms with Crippen molar-refractivity contribution in [2.75, 3.05) is 13.2 Å². The summed E-state index contributed by atoms with van der Waals surface area (Å²) in [5, 5.41) is 3.39. The summed E-state index contributed by atoms with van der Waals surface area (Å²) < 4.78 is 11.6. The highest BCUT2D eigenvalue weighted by Crippen LogP contribution is 2.31. The van der Waals surface area contributed by atoms with Crippen molar-refractivity contribution in [2.24, 2.45) is 0 Å². The van der Waals surface area contributed by atoms with Crippen LogP contribution in [0.4, 0.5) is 0 Å². The summed E-state index contributed by atoms with van der Waals surface area (Å²) in [4.78, 5) is 0. The molecule has 0 spiro atoms. The van der Waals surface area contributed by atoms with Crippen molar-refractivity contribution in [1.29, 1.82) is 0 Å². The second-order valence-corrected chi connectivity index (χ2v) is 4.18. The molecule has 1 aromatic carbocycles. The summed E-state index contributed by atoms with van der Waals surface area (Å²) in [5.74, 6) is 1.67. The molecule has 1 aliphatic heterocycles. The number of para-hydroxylation sites is 2. The number of fused-ring (bicyclic) bond motifs is 1. The Labute approximate surface area is 115 Å². The van der Waals surface area contributed by atoms with Gasteiger partial charge in [-0.05, 0) is 26.0 Å². The van der Waals surface area contributed by atoms with Crippen LogP contribution in [0.3, 0.4) is 0 Å². The lowest BCUT2D eigenvalue weighted by molar-refractivity contribution is 0.0677. The molecule has 0 fully saturated rings. The highest BCUT2D eigenvalue weighted by atomic mass is 35.5. The van der Waals surface area contributed by atoms with Crippen molar-refractivity contribution >= 4 is 12.4 Å². The SMILES string of the molecule is C/C=C/CNC(C)C1COc2ccccc2O1.Cl. The molecule has 2 rings (SSSR count). The minimum atomic E-state index is 0. The van der Waals surface area contributed by atoms with Crippen molar-refractivity contribution in [3.05, 3.63) is 36.4 Å². The monoisotopic (exact) mass is 269 g/mol. The van der Waals surface area contributed by atoms with Gasteiger partial charge < -0.3 is 14.8 Å². The van der Waals surface area contributed by atoms with Gasteiger partial charge in [0, 0.05) is 12.6 Å². The number of hydrogen-bond donors (Lipinski definition) is 1. The van der Waals surface area contributed by atoms with Crippen LogP contribution in [0.2, 0.25) is 0 Å². The molecule has 0 saturated carbocycles. The zero-order chi connectivity index (χ0) is 12.1. The summed E-state index contributed by atoms with van der Waals surface area (Å²) in [7, 11) is 0. The Hall–Kier alpha value is -1.19. The van der Waals surface area contributed by atoms with Crippen LogP contribution in [0.1, 0.15) is 13.8 Å². The van der Waals surface area contributed by atoms with Gasteiger partial charge in [-0.25, -0.2) is 0 Å². The van der Waals surface area contributed by atoms with Crippen LogP contribution in [0.15, 0.2) is 36.4 Å². The molecular formula is C14H20ClNO2. The van der Waals surface area contributed by atoms with E-state index in [9.17, 15) is 0 Å². The number of allylic oxidation sites excluding steroid dienone is 1. The van der Waals surface area contributed by atoms with E-state index < -0.39 is 0 Å². The quantitative estimate of drug-likeness (QED) is 0.853. The van der Waals surface area contributed by atoms with Crippen molar-refractivity contribution in [1.82, 2.24) is 5.32 Å². The number of hydrogen-bond acceptors (Lipinski definition) is 3. The molecule has 2 atom stereocenters. The lowest BCUT2D eigenvalue weighted by atomic mass is 10.1. The Morgan fingerprint density at radius 1 is 1.39 bits per heavy atom. The van der Waals surface area contributed by atoms with Gasteiger partial charge in [0.1, 0.15) is 12.7 Å². The molecule has 18 heavy (non-hydrogen) atoms. The Bertz CT molecular complexity index is 395. The van der Waals surface area contributed by atoms with Crippen LogP contribution in [0.5, 0.6) is 11.5 Å². The second-order valence-electron chi connectivity index (χ2n) is 4.18. The fraction of sp³-hybridized carbons (Fsp3) is 0.429. The van der Waals surface area contributed by atoms with Gasteiger partial charge in [0.25, 0.3) is 0 Å². The van der Waals surface area contributed by atoms with Gasteiger partial charge in [-0.3, -0.25) is 0 Å². The van der Waals surface area contributed by atoms with Crippen LogP contribution >= 0.6 is 12.4 Å². The highest BCUT2D eigenvalue weighted by Gasteiger charge is 2.25. The van der Waals surface area contributed by atoms with E-state index in [4.69, 9.17) is 9.47 Å². The Kier molecular flexibility index (Phi) is 6.02. The average Bonchev–Trinajstić information content (AvgIpc) is 2.38. The van der Waals surface area contributed by atoms with E-state index in [0.29, 0.717) is 6.61 Å². The van der Waals surface area contributed by atoms with Gasteiger partial charge in [-0.15, -0.1) is 12.4 Å². The van der Waals surface area contributed by atoms with Crippen LogP contribution in [0.25, 0.3) is 0 Å². The summed E-state index contributed by atoms with van der Waals surface area (Å²) in [6.07, 6.45) is 4.19. The van der Waals surface area contributed by atoms with E-state index in [0.717, 1.165) is 18.0 Å². The van der Waals surface area contributed by atoms with Crippen LogP contribution in [-0.2, 0) is 0 Å². The van der Waals surface area contributed by atoms with Crippen LogP contribution in [-0.4, -0.2) is 25.3 Å². The number of halogens is 1. The van der Waals surface area contributed by atoms with Gasteiger partial charge >= 0.3 is 0 Å². The zero-order valence-corrected chi connectivity index (χ0v) is 11.6. The second kappa shape index (κ2) is 7.29. The summed E-state index contributed by atoms with van der Waals surface area (Å²) in [6, 6.07) is 8.06. The lowest BCUT2D eigenvalue weighted by Gasteiger charge is -2.30. The normalized spacial score (nSPS) is 19.3. The van der Waals surface area contributed by atoms with E-state index >= 15 is 0 Å². The third kappa shape index (κ3) is 3.65. The van der Waals surface area contributed by atoms with Gasteiger partial charge in [0.2, 0.25) is 0 Å². The summed E-state index contributed by atoms with van der Waals surface area (Å²) in [5.41, 5.74) is 0. The third-order valence-electron chi connectivity index (χ3n) is 2.88. The molecule has 1 N–H and O–H groups in total. The van der Waals surface area contributed by atoms with Gasteiger partial charge in [-0.2, -0.15) is 0 Å². The predicted molar refractivity (Wildman–Crippen MR) is 75.9 cm³/mol. The molecular weight excluding hydrogens is 250 g/mol. The van der Waals surface area contributed by atoms with Gasteiger partial charge in [0.05, 0.1) is 0 Å². The molecule has 0 aromatic heterocycles. The van der Waals surface area contributed by atoms with Gasteiger partial charge in [-0.1, -0.05) is 24.3 Å². The first-order valence-electron chi connectivity index (χ1n) is 6.04. The Morgan fingerprint density at radius 2 is 2.11 bits per heavy atom. The molecule has 4 heteroatoms.